The molecule has 0 unspecified atom stereocenters. The molecular formula is C24H30BrN3O4. The molecule has 1 aromatic carbocycles. The summed E-state index contributed by atoms with van der Waals surface area (Å²) in [7, 11) is 1.31. The summed E-state index contributed by atoms with van der Waals surface area (Å²) in [6.07, 6.45) is 3.08. The van der Waals surface area contributed by atoms with Crippen LogP contribution in [0.2, 0.25) is 0 Å². The van der Waals surface area contributed by atoms with Crippen LogP contribution in [0.1, 0.15) is 50.4 Å². The number of alkyl carbamates (subject to hydrolysis) is 1. The molecule has 0 radical (unpaired) electrons. The third kappa shape index (κ3) is 4.37. The van der Waals surface area contributed by atoms with Crippen molar-refractivity contribution in [3.63, 3.8) is 0 Å². The van der Waals surface area contributed by atoms with Gasteiger partial charge in [-0.3, -0.25) is 4.79 Å². The molecule has 1 fully saturated rings. The number of fused-ring (bicyclic) bond motifs is 1. The number of carbonyl (C=O) groups excluding carboxylic acids is 2. The normalized spacial score (nSPS) is 18.8. The van der Waals surface area contributed by atoms with E-state index in [4.69, 9.17) is 9.47 Å². The SMILES string of the molecule is COC(=O)N[C@H](C(=O)N1CCC[C@@H]1c1[nH]c(-c2ccc(Br)cc2)c2c1CCCO2)C(C)C. The van der Waals surface area contributed by atoms with Gasteiger partial charge >= 0.3 is 6.09 Å². The summed E-state index contributed by atoms with van der Waals surface area (Å²) in [5.41, 5.74) is 4.25. The van der Waals surface area contributed by atoms with Gasteiger partial charge in [0, 0.05) is 27.8 Å². The molecule has 3 heterocycles. The van der Waals surface area contributed by atoms with E-state index in [1.165, 1.54) is 12.7 Å². The molecule has 4 rings (SSSR count). The Balaban J connectivity index is 1.68. The predicted octanol–water partition coefficient (Wildman–Crippen LogP) is 4.81. The number of nitrogens with zero attached hydrogens (tertiary/aromatic N) is 1. The lowest BCUT2D eigenvalue weighted by molar-refractivity contribution is -0.135. The first-order chi connectivity index (χ1) is 15.4. The maximum atomic E-state index is 13.5. The molecule has 2 atom stereocenters. The van der Waals surface area contributed by atoms with Gasteiger partial charge in [-0.15, -0.1) is 0 Å². The topological polar surface area (TPSA) is 83.7 Å². The Kier molecular flexibility index (Phi) is 6.79. The first-order valence-corrected chi connectivity index (χ1v) is 12.0. The molecule has 2 aromatic rings. The molecule has 0 saturated carbocycles. The number of aromatic amines is 1. The number of halogens is 1. The van der Waals surface area contributed by atoms with Gasteiger partial charge < -0.3 is 24.7 Å². The lowest BCUT2D eigenvalue weighted by atomic mass is 9.99. The number of hydrogen-bond donors (Lipinski definition) is 2. The van der Waals surface area contributed by atoms with Gasteiger partial charge in [0.25, 0.3) is 0 Å². The minimum absolute atomic E-state index is 0.0536. The lowest BCUT2D eigenvalue weighted by Crippen LogP contribution is -2.51. The number of H-pyrrole nitrogens is 1. The van der Waals surface area contributed by atoms with Crippen molar-refractivity contribution >= 4 is 27.9 Å². The zero-order valence-corrected chi connectivity index (χ0v) is 20.3. The van der Waals surface area contributed by atoms with Gasteiger partial charge in [0.1, 0.15) is 11.8 Å². The average molecular weight is 504 g/mol. The molecule has 2 N–H and O–H groups in total. The van der Waals surface area contributed by atoms with E-state index in [1.807, 2.05) is 30.9 Å². The molecule has 0 spiro atoms. The van der Waals surface area contributed by atoms with Gasteiger partial charge in [0.15, 0.2) is 0 Å². The van der Waals surface area contributed by atoms with E-state index in [0.717, 1.165) is 52.9 Å². The number of methoxy groups -OCH3 is 1. The quantitative estimate of drug-likeness (QED) is 0.612. The summed E-state index contributed by atoms with van der Waals surface area (Å²) in [6, 6.07) is 7.46. The number of amides is 2. The number of ether oxygens (including phenoxy) is 2. The van der Waals surface area contributed by atoms with Crippen LogP contribution in [-0.2, 0) is 16.0 Å². The van der Waals surface area contributed by atoms with Crippen LogP contribution in [0.3, 0.4) is 0 Å². The number of benzene rings is 1. The van der Waals surface area contributed by atoms with Crippen molar-refractivity contribution in [1.82, 2.24) is 15.2 Å². The number of nitrogens with one attached hydrogen (secondary N) is 2. The highest BCUT2D eigenvalue weighted by Crippen LogP contribution is 2.44. The van der Waals surface area contributed by atoms with Crippen LogP contribution in [-0.4, -0.2) is 48.2 Å². The van der Waals surface area contributed by atoms with E-state index in [0.29, 0.717) is 13.2 Å². The second-order valence-corrected chi connectivity index (χ2v) is 9.64. The van der Waals surface area contributed by atoms with Crippen molar-refractivity contribution in [2.24, 2.45) is 5.92 Å². The van der Waals surface area contributed by atoms with E-state index in [1.54, 1.807) is 0 Å². The molecule has 1 aromatic heterocycles. The van der Waals surface area contributed by atoms with Crippen molar-refractivity contribution in [1.29, 1.82) is 0 Å². The minimum atomic E-state index is -0.629. The maximum Gasteiger partial charge on any atom is 0.407 e. The summed E-state index contributed by atoms with van der Waals surface area (Å²) >= 11 is 3.50. The highest BCUT2D eigenvalue weighted by Gasteiger charge is 2.39. The highest BCUT2D eigenvalue weighted by atomic mass is 79.9. The molecule has 1 saturated heterocycles. The Bertz CT molecular complexity index is 986. The molecule has 2 amide bonds. The fraction of sp³-hybridized carbons (Fsp3) is 0.500. The van der Waals surface area contributed by atoms with E-state index in [9.17, 15) is 9.59 Å². The first-order valence-electron chi connectivity index (χ1n) is 11.2. The third-order valence-electron chi connectivity index (χ3n) is 6.30. The number of aromatic nitrogens is 1. The Morgan fingerprint density at radius 3 is 2.69 bits per heavy atom. The standard InChI is InChI=1S/C24H30BrN3O4/c1-14(2)19(27-24(30)31-3)23(29)28-12-4-7-18(28)21-17-6-5-13-32-22(17)20(26-21)15-8-10-16(25)11-9-15/h8-11,14,18-19,26H,4-7,12-13H2,1-3H3,(H,27,30)/t18-,19+/m1/s1. The smallest absolute Gasteiger partial charge is 0.407 e. The van der Waals surface area contributed by atoms with Gasteiger partial charge in [-0.2, -0.15) is 0 Å². The van der Waals surface area contributed by atoms with Crippen LogP contribution < -0.4 is 10.1 Å². The highest BCUT2D eigenvalue weighted by molar-refractivity contribution is 9.10. The monoisotopic (exact) mass is 503 g/mol. The molecule has 2 aliphatic rings. The first kappa shape index (κ1) is 22.7. The zero-order valence-electron chi connectivity index (χ0n) is 18.7. The van der Waals surface area contributed by atoms with Gasteiger partial charge in [-0.25, -0.2) is 4.79 Å². The molecule has 172 valence electrons. The second kappa shape index (κ2) is 9.57. The van der Waals surface area contributed by atoms with Gasteiger partial charge in [-0.1, -0.05) is 41.9 Å². The number of likely N-dealkylation sites (tertiary alicyclic amines) is 1. The van der Waals surface area contributed by atoms with E-state index >= 15 is 0 Å². The summed E-state index contributed by atoms with van der Waals surface area (Å²) in [4.78, 5) is 30.9. The maximum absolute atomic E-state index is 13.5. The summed E-state index contributed by atoms with van der Waals surface area (Å²) < 4.78 is 11.9. The van der Waals surface area contributed by atoms with Gasteiger partial charge in [-0.05, 0) is 43.7 Å². The van der Waals surface area contributed by atoms with Crippen molar-refractivity contribution in [2.75, 3.05) is 20.3 Å². The van der Waals surface area contributed by atoms with Crippen LogP contribution in [0.4, 0.5) is 4.79 Å². The van der Waals surface area contributed by atoms with Gasteiger partial charge in [0.2, 0.25) is 5.91 Å². The summed E-state index contributed by atoms with van der Waals surface area (Å²) in [6.45, 7) is 5.22. The Labute approximate surface area is 197 Å². The fourth-order valence-electron chi connectivity index (χ4n) is 4.68. The van der Waals surface area contributed by atoms with Crippen molar-refractivity contribution in [2.45, 2.75) is 51.6 Å². The predicted molar refractivity (Wildman–Crippen MR) is 126 cm³/mol. The molecule has 0 aliphatic carbocycles. The van der Waals surface area contributed by atoms with Gasteiger partial charge in [0.05, 0.1) is 25.5 Å². The van der Waals surface area contributed by atoms with E-state index < -0.39 is 12.1 Å². The Morgan fingerprint density at radius 1 is 1.25 bits per heavy atom. The van der Waals surface area contributed by atoms with E-state index in [-0.39, 0.29) is 17.9 Å². The average Bonchev–Trinajstić information content (AvgIpc) is 3.42. The van der Waals surface area contributed by atoms with Crippen LogP contribution in [0.5, 0.6) is 5.75 Å². The minimum Gasteiger partial charge on any atom is -0.491 e. The van der Waals surface area contributed by atoms with Crippen molar-refractivity contribution in [3.05, 3.63) is 40.0 Å². The summed E-state index contributed by atoms with van der Waals surface area (Å²) in [5.74, 6) is 0.779. The van der Waals surface area contributed by atoms with Crippen molar-refractivity contribution in [3.8, 4) is 17.0 Å². The van der Waals surface area contributed by atoms with Crippen LogP contribution in [0.15, 0.2) is 28.7 Å². The molecule has 7 nitrogen and oxygen atoms in total. The third-order valence-corrected chi connectivity index (χ3v) is 6.83. The molecule has 2 aliphatic heterocycles. The molecular weight excluding hydrogens is 474 g/mol. The Morgan fingerprint density at radius 2 is 2.00 bits per heavy atom. The Hall–Kier alpha value is -2.48. The van der Waals surface area contributed by atoms with Crippen LogP contribution in [0, 0.1) is 5.92 Å². The zero-order chi connectivity index (χ0) is 22.8. The molecule has 32 heavy (non-hydrogen) atoms. The largest absolute Gasteiger partial charge is 0.491 e. The fourth-order valence-corrected chi connectivity index (χ4v) is 4.95. The van der Waals surface area contributed by atoms with Crippen LogP contribution >= 0.6 is 15.9 Å². The van der Waals surface area contributed by atoms with Crippen molar-refractivity contribution < 1.29 is 19.1 Å². The number of carbonyl (C=O) groups is 2. The van der Waals surface area contributed by atoms with E-state index in [2.05, 4.69) is 38.4 Å². The van der Waals surface area contributed by atoms with Crippen LogP contribution in [0.25, 0.3) is 11.3 Å². The second-order valence-electron chi connectivity index (χ2n) is 8.73. The summed E-state index contributed by atoms with van der Waals surface area (Å²) in [5, 5.41) is 2.72. The number of hydrogen-bond acceptors (Lipinski definition) is 4. The number of rotatable bonds is 5. The molecule has 0 bridgehead atoms. The molecule has 8 heteroatoms. The lowest BCUT2D eigenvalue weighted by Gasteiger charge is -2.31.